The molecule has 0 aliphatic rings. The Hall–Kier alpha value is -3.95. The van der Waals surface area contributed by atoms with Crippen molar-refractivity contribution in [2.45, 2.75) is 37.2 Å². The topological polar surface area (TPSA) is 86.8 Å². The van der Waals surface area contributed by atoms with Gasteiger partial charge < -0.3 is 10.2 Å². The number of hydrogen-bond acceptors (Lipinski definition) is 4. The lowest BCUT2D eigenvalue weighted by Gasteiger charge is -2.33. The summed E-state index contributed by atoms with van der Waals surface area (Å²) >= 11 is 3.49. The van der Waals surface area contributed by atoms with Crippen LogP contribution in [0.2, 0.25) is 0 Å². The molecule has 7 nitrogen and oxygen atoms in total. The molecule has 9 heteroatoms. The number of nitrogens with one attached hydrogen (secondary N) is 1. The number of likely N-dealkylation sites (N-methyl/N-ethyl adjacent to an activating group) is 1. The van der Waals surface area contributed by atoms with E-state index in [2.05, 4.69) is 21.2 Å². The Morgan fingerprint density at radius 3 is 2.02 bits per heavy atom. The van der Waals surface area contributed by atoms with Gasteiger partial charge in [0.2, 0.25) is 11.8 Å². The molecule has 1 atom stereocenters. The Morgan fingerprint density at radius 2 is 1.43 bits per heavy atom. The van der Waals surface area contributed by atoms with Gasteiger partial charge in [-0.2, -0.15) is 0 Å². The molecule has 0 radical (unpaired) electrons. The molecule has 0 saturated heterocycles. The first-order valence-corrected chi connectivity index (χ1v) is 15.9. The number of amides is 2. The molecule has 0 aliphatic heterocycles. The van der Waals surface area contributed by atoms with Gasteiger partial charge in [-0.05, 0) is 59.5 Å². The van der Waals surface area contributed by atoms with Gasteiger partial charge in [-0.1, -0.05) is 95.7 Å². The summed E-state index contributed by atoms with van der Waals surface area (Å²) in [5, 5.41) is 2.70. The molecule has 0 saturated carbocycles. The lowest BCUT2D eigenvalue weighted by molar-refractivity contribution is -0.139. The molecular weight excluding hydrogens is 614 g/mol. The minimum atomic E-state index is -4.11. The number of anilines is 1. The predicted molar refractivity (Wildman–Crippen MR) is 169 cm³/mol. The van der Waals surface area contributed by atoms with Crippen molar-refractivity contribution in [3.63, 3.8) is 0 Å². The molecule has 4 aromatic rings. The summed E-state index contributed by atoms with van der Waals surface area (Å²) in [5.41, 5.74) is 3.08. The van der Waals surface area contributed by atoms with Crippen LogP contribution in [0.1, 0.15) is 23.6 Å². The highest BCUT2D eigenvalue weighted by Crippen LogP contribution is 2.26. The standard InChI is InChI=1S/C33H34BrN3O4S/c1-3-25-17-19-29(20-18-25)37(42(40,41)30-15-8-5-9-16-30)24-32(38)36(23-27-13-10-14-28(34)21-27)31(33(39)35-2)22-26-11-6-4-7-12-26/h4-21,31H,3,22-24H2,1-2H3,(H,35,39)/t31-/m1/s1. The Labute approximate surface area is 256 Å². The van der Waals surface area contributed by atoms with Crippen molar-refractivity contribution >= 4 is 43.5 Å². The molecule has 42 heavy (non-hydrogen) atoms. The summed E-state index contributed by atoms with van der Waals surface area (Å²) in [4.78, 5) is 29.2. The fraction of sp³-hybridized carbons (Fsp3) is 0.212. The van der Waals surface area contributed by atoms with Crippen LogP contribution in [0, 0.1) is 0 Å². The van der Waals surface area contributed by atoms with Gasteiger partial charge in [-0.3, -0.25) is 13.9 Å². The Kier molecular flexibility index (Phi) is 10.5. The number of hydrogen-bond donors (Lipinski definition) is 1. The van der Waals surface area contributed by atoms with Gasteiger partial charge in [0.15, 0.2) is 0 Å². The first-order valence-electron chi connectivity index (χ1n) is 13.7. The largest absolute Gasteiger partial charge is 0.357 e. The second-order valence-corrected chi connectivity index (χ2v) is 12.6. The zero-order chi connectivity index (χ0) is 30.1. The van der Waals surface area contributed by atoms with Crippen LogP contribution in [-0.4, -0.2) is 44.8 Å². The van der Waals surface area contributed by atoms with Crippen LogP contribution in [0.25, 0.3) is 0 Å². The summed E-state index contributed by atoms with van der Waals surface area (Å²) in [7, 11) is -2.58. The highest BCUT2D eigenvalue weighted by Gasteiger charge is 2.34. The second-order valence-electron chi connectivity index (χ2n) is 9.82. The number of aryl methyl sites for hydroxylation is 1. The summed E-state index contributed by atoms with van der Waals surface area (Å²) in [5.74, 6) is -0.842. The van der Waals surface area contributed by atoms with Crippen molar-refractivity contribution < 1.29 is 18.0 Å². The van der Waals surface area contributed by atoms with E-state index in [1.807, 2.05) is 73.7 Å². The molecule has 2 amide bonds. The zero-order valence-corrected chi connectivity index (χ0v) is 26.0. The monoisotopic (exact) mass is 647 g/mol. The molecule has 0 fully saturated rings. The van der Waals surface area contributed by atoms with Crippen LogP contribution in [0.3, 0.4) is 0 Å². The summed E-state index contributed by atoms with van der Waals surface area (Å²) < 4.78 is 29.9. The molecule has 4 rings (SSSR count). The number of halogens is 1. The van der Waals surface area contributed by atoms with E-state index in [0.29, 0.717) is 5.69 Å². The molecule has 218 valence electrons. The van der Waals surface area contributed by atoms with Crippen LogP contribution < -0.4 is 9.62 Å². The van der Waals surface area contributed by atoms with Crippen LogP contribution in [0.4, 0.5) is 5.69 Å². The van der Waals surface area contributed by atoms with Crippen LogP contribution in [0.15, 0.2) is 119 Å². The van der Waals surface area contributed by atoms with E-state index in [-0.39, 0.29) is 23.8 Å². The normalized spacial score (nSPS) is 11.9. The third-order valence-corrected chi connectivity index (χ3v) is 9.28. The van der Waals surface area contributed by atoms with Gasteiger partial charge in [-0.25, -0.2) is 8.42 Å². The Morgan fingerprint density at radius 1 is 0.810 bits per heavy atom. The molecule has 0 bridgehead atoms. The van der Waals surface area contributed by atoms with E-state index >= 15 is 0 Å². The van der Waals surface area contributed by atoms with Crippen LogP contribution >= 0.6 is 15.9 Å². The summed E-state index contributed by atoms with van der Waals surface area (Å²) in [6.07, 6.45) is 1.05. The average Bonchev–Trinajstić information content (AvgIpc) is 3.02. The van der Waals surface area contributed by atoms with Gasteiger partial charge in [0, 0.05) is 24.5 Å². The van der Waals surface area contributed by atoms with Crippen molar-refractivity contribution in [3.8, 4) is 0 Å². The van der Waals surface area contributed by atoms with E-state index in [0.717, 1.165) is 31.9 Å². The third kappa shape index (κ3) is 7.66. The third-order valence-electron chi connectivity index (χ3n) is 7.00. The number of sulfonamides is 1. The quantitative estimate of drug-likeness (QED) is 0.217. The SMILES string of the molecule is CCc1ccc(N(CC(=O)N(Cc2cccc(Br)c2)[C@H](Cc2ccccc2)C(=O)NC)S(=O)(=O)c2ccccc2)cc1. The molecule has 1 N–H and O–H groups in total. The van der Waals surface area contributed by atoms with Gasteiger partial charge in [-0.15, -0.1) is 0 Å². The predicted octanol–water partition coefficient (Wildman–Crippen LogP) is 5.59. The molecular formula is C33H34BrN3O4S. The molecule has 0 aromatic heterocycles. The molecule has 0 heterocycles. The lowest BCUT2D eigenvalue weighted by Crippen LogP contribution is -2.53. The lowest BCUT2D eigenvalue weighted by atomic mass is 10.0. The Balaban J connectivity index is 1.78. The number of benzene rings is 4. The minimum Gasteiger partial charge on any atom is -0.357 e. The maximum absolute atomic E-state index is 14.3. The van der Waals surface area contributed by atoms with Crippen molar-refractivity contribution in [2.24, 2.45) is 0 Å². The summed E-state index contributed by atoms with van der Waals surface area (Å²) in [6.45, 7) is 1.64. The van der Waals surface area contributed by atoms with E-state index in [1.54, 1.807) is 30.3 Å². The van der Waals surface area contributed by atoms with Crippen LogP contribution in [0.5, 0.6) is 0 Å². The first kappa shape index (κ1) is 31.0. The number of rotatable bonds is 12. The van der Waals surface area contributed by atoms with Gasteiger partial charge in [0.05, 0.1) is 10.6 Å². The van der Waals surface area contributed by atoms with Crippen molar-refractivity contribution in [1.29, 1.82) is 0 Å². The van der Waals surface area contributed by atoms with E-state index in [1.165, 1.54) is 24.1 Å². The number of carbonyl (C=O) groups excluding carboxylic acids is 2. The van der Waals surface area contributed by atoms with Crippen molar-refractivity contribution in [1.82, 2.24) is 10.2 Å². The first-order chi connectivity index (χ1) is 20.2. The maximum Gasteiger partial charge on any atom is 0.264 e. The van der Waals surface area contributed by atoms with Crippen LogP contribution in [-0.2, 0) is 39.0 Å². The molecule has 0 unspecified atom stereocenters. The van der Waals surface area contributed by atoms with Gasteiger partial charge in [0.1, 0.15) is 12.6 Å². The molecule has 0 spiro atoms. The van der Waals surface area contributed by atoms with E-state index in [4.69, 9.17) is 0 Å². The van der Waals surface area contributed by atoms with E-state index in [9.17, 15) is 18.0 Å². The van der Waals surface area contributed by atoms with Gasteiger partial charge in [0.25, 0.3) is 10.0 Å². The maximum atomic E-state index is 14.3. The Bertz CT molecular complexity index is 1600. The smallest absolute Gasteiger partial charge is 0.264 e. The van der Waals surface area contributed by atoms with Crippen molar-refractivity contribution in [3.05, 3.63) is 130 Å². The highest BCUT2D eigenvalue weighted by molar-refractivity contribution is 9.10. The molecule has 0 aliphatic carbocycles. The fourth-order valence-corrected chi connectivity index (χ4v) is 6.58. The summed E-state index contributed by atoms with van der Waals surface area (Å²) in [6, 6.07) is 31.2. The zero-order valence-electron chi connectivity index (χ0n) is 23.6. The fourth-order valence-electron chi connectivity index (χ4n) is 4.70. The van der Waals surface area contributed by atoms with Crippen molar-refractivity contribution in [2.75, 3.05) is 17.9 Å². The highest BCUT2D eigenvalue weighted by atomic mass is 79.9. The van der Waals surface area contributed by atoms with E-state index < -0.39 is 28.5 Å². The second kappa shape index (κ2) is 14.3. The van der Waals surface area contributed by atoms with Gasteiger partial charge >= 0.3 is 0 Å². The number of nitrogens with zero attached hydrogens (tertiary/aromatic N) is 2. The average molecular weight is 649 g/mol. The number of carbonyl (C=O) groups is 2. The minimum absolute atomic E-state index is 0.0723. The molecule has 4 aromatic carbocycles.